The Labute approximate surface area is 253 Å². The standard InChI is InChI=1S/C33H42N2O8/c1-4-40-27-20-23(6-8-25(27)41-15-10-22(2)3)30-29(31(36)24-7-9-26-28(21-24)43-19-18-42-26)32(37)33(38)35(30)12-5-11-34-13-16-39-17-14-34/h6-9,20-22,30,36H,4-5,10-19H2,1-3H3/t30-/m1/s1. The van der Waals surface area contributed by atoms with E-state index in [2.05, 4.69) is 18.7 Å². The van der Waals surface area contributed by atoms with Crippen LogP contribution in [0.25, 0.3) is 5.76 Å². The highest BCUT2D eigenvalue weighted by atomic mass is 16.6. The van der Waals surface area contributed by atoms with Crippen molar-refractivity contribution in [1.29, 1.82) is 0 Å². The lowest BCUT2D eigenvalue weighted by atomic mass is 9.94. The number of hydrogen-bond acceptors (Lipinski definition) is 9. The summed E-state index contributed by atoms with van der Waals surface area (Å²) in [5, 5.41) is 11.6. The zero-order valence-corrected chi connectivity index (χ0v) is 25.3. The summed E-state index contributed by atoms with van der Waals surface area (Å²) < 4.78 is 28.8. The summed E-state index contributed by atoms with van der Waals surface area (Å²) in [6.07, 6.45) is 1.56. The van der Waals surface area contributed by atoms with Crippen LogP contribution >= 0.6 is 0 Å². The van der Waals surface area contributed by atoms with Crippen molar-refractivity contribution in [2.45, 2.75) is 39.7 Å². The molecule has 0 aromatic heterocycles. The molecule has 43 heavy (non-hydrogen) atoms. The largest absolute Gasteiger partial charge is 0.507 e. The highest BCUT2D eigenvalue weighted by molar-refractivity contribution is 6.46. The van der Waals surface area contributed by atoms with E-state index in [1.54, 1.807) is 23.1 Å². The van der Waals surface area contributed by atoms with Gasteiger partial charge in [-0.05, 0) is 61.6 Å². The highest BCUT2D eigenvalue weighted by Crippen LogP contribution is 2.43. The van der Waals surface area contributed by atoms with Crippen LogP contribution in [-0.2, 0) is 14.3 Å². The van der Waals surface area contributed by atoms with Crippen LogP contribution in [0.1, 0.15) is 50.8 Å². The number of ether oxygens (including phenoxy) is 5. The van der Waals surface area contributed by atoms with Gasteiger partial charge in [-0.15, -0.1) is 0 Å². The first-order valence-electron chi connectivity index (χ1n) is 15.3. The Morgan fingerprint density at radius 3 is 2.47 bits per heavy atom. The average molecular weight is 595 g/mol. The Morgan fingerprint density at radius 1 is 0.953 bits per heavy atom. The molecule has 2 aromatic carbocycles. The molecule has 0 unspecified atom stereocenters. The van der Waals surface area contributed by atoms with Crippen molar-refractivity contribution in [1.82, 2.24) is 9.80 Å². The van der Waals surface area contributed by atoms with Crippen LogP contribution < -0.4 is 18.9 Å². The number of nitrogens with zero attached hydrogens (tertiary/aromatic N) is 2. The minimum Gasteiger partial charge on any atom is -0.507 e. The second-order valence-corrected chi connectivity index (χ2v) is 11.3. The van der Waals surface area contributed by atoms with Crippen LogP contribution in [0, 0.1) is 5.92 Å². The van der Waals surface area contributed by atoms with E-state index in [-0.39, 0.29) is 11.3 Å². The fourth-order valence-electron chi connectivity index (χ4n) is 5.58. The van der Waals surface area contributed by atoms with E-state index in [0.29, 0.717) is 92.6 Å². The number of aliphatic hydroxyl groups is 1. The summed E-state index contributed by atoms with van der Waals surface area (Å²) in [7, 11) is 0. The molecular weight excluding hydrogens is 552 g/mol. The van der Waals surface area contributed by atoms with Gasteiger partial charge in [0.25, 0.3) is 11.7 Å². The van der Waals surface area contributed by atoms with E-state index in [9.17, 15) is 14.7 Å². The number of morpholine rings is 1. The quantitative estimate of drug-likeness (QED) is 0.217. The number of Topliss-reactive ketones (excluding diaryl/α,β-unsaturated/α-hetero) is 1. The van der Waals surface area contributed by atoms with Crippen molar-refractivity contribution in [3.05, 3.63) is 53.1 Å². The van der Waals surface area contributed by atoms with Crippen LogP contribution in [0.4, 0.5) is 0 Å². The van der Waals surface area contributed by atoms with Crippen molar-refractivity contribution >= 4 is 17.4 Å². The lowest BCUT2D eigenvalue weighted by molar-refractivity contribution is -0.140. The van der Waals surface area contributed by atoms with Crippen LogP contribution in [-0.4, -0.2) is 92.4 Å². The number of likely N-dealkylation sites (tertiary alicyclic amines) is 1. The van der Waals surface area contributed by atoms with E-state index in [0.717, 1.165) is 26.1 Å². The average Bonchev–Trinajstić information content (AvgIpc) is 3.26. The molecular formula is C33H42N2O8. The molecule has 0 radical (unpaired) electrons. The molecule has 5 rings (SSSR count). The zero-order chi connectivity index (χ0) is 30.3. The molecule has 1 N–H and O–H groups in total. The van der Waals surface area contributed by atoms with Gasteiger partial charge >= 0.3 is 0 Å². The monoisotopic (exact) mass is 594 g/mol. The third-order valence-corrected chi connectivity index (χ3v) is 7.87. The molecule has 0 aliphatic carbocycles. The molecule has 10 nitrogen and oxygen atoms in total. The van der Waals surface area contributed by atoms with E-state index >= 15 is 0 Å². The van der Waals surface area contributed by atoms with Gasteiger partial charge in [0.15, 0.2) is 23.0 Å². The summed E-state index contributed by atoms with van der Waals surface area (Å²) >= 11 is 0. The van der Waals surface area contributed by atoms with Crippen LogP contribution in [0.5, 0.6) is 23.0 Å². The van der Waals surface area contributed by atoms with E-state index in [1.807, 2.05) is 25.1 Å². The SMILES string of the molecule is CCOc1cc([C@@H]2C(=C(O)c3ccc4c(c3)OCCO4)C(=O)C(=O)N2CCCN2CCOCC2)ccc1OCCC(C)C. The number of hydrogen-bond donors (Lipinski definition) is 1. The number of carbonyl (C=O) groups excluding carboxylic acids is 2. The number of rotatable bonds is 12. The Bertz CT molecular complexity index is 1330. The molecule has 10 heteroatoms. The molecule has 0 bridgehead atoms. The molecule has 3 aliphatic heterocycles. The van der Waals surface area contributed by atoms with Crippen molar-refractivity contribution in [3.63, 3.8) is 0 Å². The smallest absolute Gasteiger partial charge is 0.295 e. The van der Waals surface area contributed by atoms with Gasteiger partial charge in [0.05, 0.1) is 38.0 Å². The second-order valence-electron chi connectivity index (χ2n) is 11.3. The summed E-state index contributed by atoms with van der Waals surface area (Å²) in [6, 6.07) is 9.69. The fourth-order valence-corrected chi connectivity index (χ4v) is 5.58. The number of aliphatic hydroxyl groups excluding tert-OH is 1. The van der Waals surface area contributed by atoms with Gasteiger partial charge in [0, 0.05) is 31.7 Å². The Kier molecular flexibility index (Phi) is 10.1. The minimum absolute atomic E-state index is 0.0315. The number of benzene rings is 2. The maximum Gasteiger partial charge on any atom is 0.295 e. The lowest BCUT2D eigenvalue weighted by Crippen LogP contribution is -2.39. The Morgan fingerprint density at radius 2 is 1.72 bits per heavy atom. The van der Waals surface area contributed by atoms with Crippen molar-refractivity contribution < 1.29 is 38.4 Å². The minimum atomic E-state index is -0.804. The maximum atomic E-state index is 13.6. The van der Waals surface area contributed by atoms with E-state index in [1.165, 1.54) is 0 Å². The molecule has 3 aliphatic rings. The Balaban J connectivity index is 1.50. The summed E-state index contributed by atoms with van der Waals surface area (Å²) in [5.41, 5.74) is 1.06. The van der Waals surface area contributed by atoms with Crippen LogP contribution in [0.3, 0.4) is 0 Å². The topological polar surface area (TPSA) is 107 Å². The molecule has 2 saturated heterocycles. The summed E-state index contributed by atoms with van der Waals surface area (Å²) in [4.78, 5) is 31.0. The number of ketones is 1. The zero-order valence-electron chi connectivity index (χ0n) is 25.3. The Hall–Kier alpha value is -3.76. The van der Waals surface area contributed by atoms with E-state index < -0.39 is 17.7 Å². The predicted molar refractivity (Wildman–Crippen MR) is 161 cm³/mol. The number of amides is 1. The molecule has 2 fully saturated rings. The summed E-state index contributed by atoms with van der Waals surface area (Å²) in [6.45, 7) is 12.1. The molecule has 1 amide bonds. The van der Waals surface area contributed by atoms with Gasteiger partial charge in [-0.1, -0.05) is 19.9 Å². The van der Waals surface area contributed by atoms with Gasteiger partial charge in [-0.2, -0.15) is 0 Å². The van der Waals surface area contributed by atoms with Gasteiger partial charge in [0.1, 0.15) is 19.0 Å². The molecule has 1 atom stereocenters. The van der Waals surface area contributed by atoms with Crippen LogP contribution in [0.15, 0.2) is 42.0 Å². The third-order valence-electron chi connectivity index (χ3n) is 7.87. The van der Waals surface area contributed by atoms with Gasteiger partial charge in [0.2, 0.25) is 0 Å². The predicted octanol–water partition coefficient (Wildman–Crippen LogP) is 4.43. The second kappa shape index (κ2) is 14.1. The molecule has 3 heterocycles. The van der Waals surface area contributed by atoms with Gasteiger partial charge in [-0.25, -0.2) is 0 Å². The van der Waals surface area contributed by atoms with Gasteiger partial charge in [-0.3, -0.25) is 14.5 Å². The maximum absolute atomic E-state index is 13.6. The molecule has 0 spiro atoms. The third kappa shape index (κ3) is 7.08. The molecule has 2 aromatic rings. The normalized spacial score (nSPS) is 20.1. The molecule has 232 valence electrons. The number of fused-ring (bicyclic) bond motifs is 1. The highest BCUT2D eigenvalue weighted by Gasteiger charge is 2.46. The molecule has 0 saturated carbocycles. The first-order chi connectivity index (χ1) is 20.9. The van der Waals surface area contributed by atoms with Crippen molar-refractivity contribution in [2.75, 3.05) is 65.8 Å². The van der Waals surface area contributed by atoms with Crippen molar-refractivity contribution in [2.24, 2.45) is 5.92 Å². The van der Waals surface area contributed by atoms with Gasteiger partial charge < -0.3 is 33.7 Å². The van der Waals surface area contributed by atoms with Crippen molar-refractivity contribution in [3.8, 4) is 23.0 Å². The van der Waals surface area contributed by atoms with E-state index in [4.69, 9.17) is 23.7 Å². The fraction of sp³-hybridized carbons (Fsp3) is 0.515. The first-order valence-corrected chi connectivity index (χ1v) is 15.3. The number of carbonyl (C=O) groups is 2. The first kappa shape index (κ1) is 30.7. The summed E-state index contributed by atoms with van der Waals surface area (Å²) in [5.74, 6) is 1.05. The lowest BCUT2D eigenvalue weighted by Gasteiger charge is -2.29. The van der Waals surface area contributed by atoms with Crippen LogP contribution in [0.2, 0.25) is 0 Å².